The van der Waals surface area contributed by atoms with Gasteiger partial charge in [0, 0.05) is 5.69 Å². The molecule has 0 aliphatic heterocycles. The summed E-state index contributed by atoms with van der Waals surface area (Å²) in [6, 6.07) is 1.14. The standard InChI is InChI=1S/C8H14N4O/c1-5-4-7(12-11-5)8(13)6(10)2-3-9/h4,6H,2-3,9-10H2,1H3,(H,11,12). The molecule has 1 aromatic heterocycles. The minimum atomic E-state index is -0.535. The van der Waals surface area contributed by atoms with Crippen molar-refractivity contribution in [3.63, 3.8) is 0 Å². The van der Waals surface area contributed by atoms with Gasteiger partial charge in [0.2, 0.25) is 0 Å². The van der Waals surface area contributed by atoms with Crippen LogP contribution in [0.2, 0.25) is 0 Å². The number of rotatable bonds is 4. The maximum atomic E-state index is 11.5. The van der Waals surface area contributed by atoms with E-state index >= 15 is 0 Å². The number of nitrogens with two attached hydrogens (primary N) is 2. The Morgan fingerprint density at radius 1 is 1.77 bits per heavy atom. The van der Waals surface area contributed by atoms with Crippen LogP contribution in [0.1, 0.15) is 22.6 Å². The molecule has 0 aliphatic rings. The van der Waals surface area contributed by atoms with Crippen LogP contribution < -0.4 is 11.5 Å². The van der Waals surface area contributed by atoms with Gasteiger partial charge in [-0.3, -0.25) is 9.89 Å². The number of aromatic amines is 1. The van der Waals surface area contributed by atoms with E-state index in [1.807, 2.05) is 6.92 Å². The third-order valence-electron chi connectivity index (χ3n) is 1.77. The summed E-state index contributed by atoms with van der Waals surface area (Å²) in [6.07, 6.45) is 0.491. The zero-order valence-electron chi connectivity index (χ0n) is 7.58. The van der Waals surface area contributed by atoms with Crippen LogP contribution in [-0.4, -0.2) is 28.6 Å². The number of ketones is 1. The molecule has 0 saturated heterocycles. The topological polar surface area (TPSA) is 97.8 Å². The SMILES string of the molecule is Cc1cc(C(=O)C(N)CCN)n[nH]1. The van der Waals surface area contributed by atoms with Gasteiger partial charge in [-0.1, -0.05) is 0 Å². The van der Waals surface area contributed by atoms with Crippen molar-refractivity contribution in [2.45, 2.75) is 19.4 Å². The molecule has 1 rings (SSSR count). The smallest absolute Gasteiger partial charge is 0.199 e. The summed E-state index contributed by atoms with van der Waals surface area (Å²) >= 11 is 0. The summed E-state index contributed by atoms with van der Waals surface area (Å²) in [6.45, 7) is 2.24. The van der Waals surface area contributed by atoms with Gasteiger partial charge in [0.05, 0.1) is 6.04 Å². The first-order chi connectivity index (χ1) is 6.15. The summed E-state index contributed by atoms with van der Waals surface area (Å²) in [5.74, 6) is -0.158. The normalized spacial score (nSPS) is 12.8. The number of Topliss-reactive ketones (excluding diaryl/α,β-unsaturated/α-hetero) is 1. The molecule has 0 spiro atoms. The van der Waals surface area contributed by atoms with Crippen LogP contribution in [0.3, 0.4) is 0 Å². The molecule has 1 unspecified atom stereocenters. The van der Waals surface area contributed by atoms with Crippen molar-refractivity contribution in [1.82, 2.24) is 10.2 Å². The lowest BCUT2D eigenvalue weighted by molar-refractivity contribution is 0.0953. The van der Waals surface area contributed by atoms with E-state index in [4.69, 9.17) is 11.5 Å². The molecule has 0 amide bonds. The zero-order valence-corrected chi connectivity index (χ0v) is 7.58. The number of aryl methyl sites for hydroxylation is 1. The van der Waals surface area contributed by atoms with Gasteiger partial charge in [-0.25, -0.2) is 0 Å². The first-order valence-corrected chi connectivity index (χ1v) is 4.17. The van der Waals surface area contributed by atoms with Gasteiger partial charge in [-0.15, -0.1) is 0 Å². The summed E-state index contributed by atoms with van der Waals surface area (Å²) < 4.78 is 0. The van der Waals surface area contributed by atoms with Gasteiger partial charge >= 0.3 is 0 Å². The van der Waals surface area contributed by atoms with E-state index < -0.39 is 6.04 Å². The Labute approximate surface area is 76.5 Å². The van der Waals surface area contributed by atoms with Crippen LogP contribution in [0, 0.1) is 6.92 Å². The van der Waals surface area contributed by atoms with Gasteiger partial charge < -0.3 is 11.5 Å². The number of H-pyrrole nitrogens is 1. The summed E-state index contributed by atoms with van der Waals surface area (Å²) in [5.41, 5.74) is 12.1. The third kappa shape index (κ3) is 2.37. The molecule has 1 atom stereocenters. The van der Waals surface area contributed by atoms with Gasteiger partial charge in [-0.05, 0) is 26.0 Å². The predicted octanol–water partition coefficient (Wildman–Crippen LogP) is -0.423. The second kappa shape index (κ2) is 4.15. The molecular weight excluding hydrogens is 168 g/mol. The average Bonchev–Trinajstić information content (AvgIpc) is 2.51. The second-order valence-electron chi connectivity index (χ2n) is 2.98. The molecule has 5 N–H and O–H groups in total. The summed E-state index contributed by atoms with van der Waals surface area (Å²) in [7, 11) is 0. The van der Waals surface area contributed by atoms with Crippen molar-refractivity contribution in [3.8, 4) is 0 Å². The van der Waals surface area contributed by atoms with Crippen molar-refractivity contribution in [3.05, 3.63) is 17.5 Å². The maximum absolute atomic E-state index is 11.5. The minimum Gasteiger partial charge on any atom is -0.330 e. The Morgan fingerprint density at radius 2 is 2.46 bits per heavy atom. The van der Waals surface area contributed by atoms with Crippen LogP contribution >= 0.6 is 0 Å². The molecule has 5 nitrogen and oxygen atoms in total. The maximum Gasteiger partial charge on any atom is 0.199 e. The molecule has 1 aromatic rings. The molecule has 5 heteroatoms. The number of aromatic nitrogens is 2. The van der Waals surface area contributed by atoms with E-state index in [1.165, 1.54) is 0 Å². The van der Waals surface area contributed by atoms with Crippen molar-refractivity contribution in [1.29, 1.82) is 0 Å². The van der Waals surface area contributed by atoms with Gasteiger partial charge in [-0.2, -0.15) is 5.10 Å². The van der Waals surface area contributed by atoms with E-state index in [2.05, 4.69) is 10.2 Å². The fraction of sp³-hybridized carbons (Fsp3) is 0.500. The first kappa shape index (κ1) is 9.88. The van der Waals surface area contributed by atoms with Crippen molar-refractivity contribution >= 4 is 5.78 Å². The monoisotopic (exact) mass is 182 g/mol. The van der Waals surface area contributed by atoms with Crippen molar-refractivity contribution in [2.75, 3.05) is 6.54 Å². The van der Waals surface area contributed by atoms with Crippen LogP contribution in [0.25, 0.3) is 0 Å². The molecule has 0 bridgehead atoms. The van der Waals surface area contributed by atoms with E-state index in [0.717, 1.165) is 5.69 Å². The number of carbonyl (C=O) groups is 1. The largest absolute Gasteiger partial charge is 0.330 e. The number of nitrogens with zero attached hydrogens (tertiary/aromatic N) is 1. The lowest BCUT2D eigenvalue weighted by atomic mass is 10.1. The molecule has 0 aliphatic carbocycles. The molecule has 72 valence electrons. The van der Waals surface area contributed by atoms with E-state index in [0.29, 0.717) is 18.7 Å². The van der Waals surface area contributed by atoms with E-state index in [1.54, 1.807) is 6.07 Å². The molecule has 0 radical (unpaired) electrons. The summed E-state index contributed by atoms with van der Waals surface area (Å²) in [4.78, 5) is 11.5. The molecule has 0 saturated carbocycles. The Bertz CT molecular complexity index is 294. The Morgan fingerprint density at radius 3 is 2.92 bits per heavy atom. The van der Waals surface area contributed by atoms with Crippen molar-refractivity contribution in [2.24, 2.45) is 11.5 Å². The molecule has 13 heavy (non-hydrogen) atoms. The van der Waals surface area contributed by atoms with Crippen LogP contribution in [0.5, 0.6) is 0 Å². The Hall–Kier alpha value is -1.20. The zero-order chi connectivity index (χ0) is 9.84. The minimum absolute atomic E-state index is 0.158. The fourth-order valence-electron chi connectivity index (χ4n) is 1.04. The highest BCUT2D eigenvalue weighted by Crippen LogP contribution is 2.02. The van der Waals surface area contributed by atoms with Gasteiger partial charge in [0.15, 0.2) is 5.78 Å². The number of hydrogen-bond donors (Lipinski definition) is 3. The highest BCUT2D eigenvalue weighted by molar-refractivity contribution is 5.98. The molecule has 1 heterocycles. The third-order valence-corrected chi connectivity index (χ3v) is 1.77. The lowest BCUT2D eigenvalue weighted by Gasteiger charge is -2.05. The Kier molecular flexibility index (Phi) is 3.16. The van der Waals surface area contributed by atoms with Crippen LogP contribution in [0.4, 0.5) is 0 Å². The Balaban J connectivity index is 2.67. The highest BCUT2D eigenvalue weighted by Gasteiger charge is 2.16. The van der Waals surface area contributed by atoms with Gasteiger partial charge in [0.1, 0.15) is 5.69 Å². The number of carbonyl (C=O) groups excluding carboxylic acids is 1. The second-order valence-corrected chi connectivity index (χ2v) is 2.98. The predicted molar refractivity (Wildman–Crippen MR) is 49.3 cm³/mol. The fourth-order valence-corrected chi connectivity index (χ4v) is 1.04. The molecule has 0 aromatic carbocycles. The molecular formula is C8H14N4O. The number of hydrogen-bond acceptors (Lipinski definition) is 4. The van der Waals surface area contributed by atoms with Crippen LogP contribution in [0.15, 0.2) is 6.07 Å². The summed E-state index contributed by atoms with van der Waals surface area (Å²) in [5, 5.41) is 6.51. The van der Waals surface area contributed by atoms with Gasteiger partial charge in [0.25, 0.3) is 0 Å². The highest BCUT2D eigenvalue weighted by atomic mass is 16.1. The molecule has 0 fully saturated rings. The van der Waals surface area contributed by atoms with Crippen molar-refractivity contribution < 1.29 is 4.79 Å². The van der Waals surface area contributed by atoms with Crippen LogP contribution in [-0.2, 0) is 0 Å². The van der Waals surface area contributed by atoms with E-state index in [-0.39, 0.29) is 5.78 Å². The average molecular weight is 182 g/mol. The lowest BCUT2D eigenvalue weighted by Crippen LogP contribution is -2.33. The first-order valence-electron chi connectivity index (χ1n) is 4.17. The van der Waals surface area contributed by atoms with E-state index in [9.17, 15) is 4.79 Å². The quantitative estimate of drug-likeness (QED) is 0.551. The number of nitrogens with one attached hydrogen (secondary N) is 1.